The highest BCUT2D eigenvalue weighted by Crippen LogP contribution is 2.50. The average molecular weight is 705 g/mol. The van der Waals surface area contributed by atoms with Crippen molar-refractivity contribution in [1.82, 2.24) is 0 Å². The SMILES string of the molecule is C#CCO[C@H]1c2c(OCc3ccccc3)cc(OCc3ccccc3)cc2O[C@H](c2ccc(OCc3ccccc3)c(OCc3ccccc3)c2)[C@H]1O. The first-order valence-electron chi connectivity index (χ1n) is 17.5. The van der Waals surface area contributed by atoms with Gasteiger partial charge in [-0.3, -0.25) is 0 Å². The van der Waals surface area contributed by atoms with Gasteiger partial charge in [0.15, 0.2) is 17.6 Å². The van der Waals surface area contributed by atoms with Crippen LogP contribution >= 0.6 is 0 Å². The smallest absolute Gasteiger partial charge is 0.162 e. The molecule has 0 aliphatic carbocycles. The number of benzene rings is 6. The molecule has 1 aliphatic rings. The molecule has 7 heteroatoms. The molecule has 7 rings (SSSR count). The van der Waals surface area contributed by atoms with E-state index in [-0.39, 0.29) is 13.2 Å². The normalized spacial score (nSPS) is 16.0. The predicted octanol–water partition coefficient (Wildman–Crippen LogP) is 9.19. The molecular weight excluding hydrogens is 664 g/mol. The van der Waals surface area contributed by atoms with E-state index in [0.717, 1.165) is 22.3 Å². The van der Waals surface area contributed by atoms with Gasteiger partial charge in [0.2, 0.25) is 0 Å². The lowest BCUT2D eigenvalue weighted by atomic mass is 9.91. The number of aliphatic hydroxyl groups is 1. The van der Waals surface area contributed by atoms with Gasteiger partial charge in [-0.25, -0.2) is 0 Å². The third-order valence-corrected chi connectivity index (χ3v) is 8.84. The third-order valence-electron chi connectivity index (χ3n) is 8.84. The highest BCUT2D eigenvalue weighted by Gasteiger charge is 2.42. The quantitative estimate of drug-likeness (QED) is 0.107. The minimum absolute atomic E-state index is 0.0318. The molecule has 53 heavy (non-hydrogen) atoms. The van der Waals surface area contributed by atoms with Crippen LogP contribution in [0.2, 0.25) is 0 Å². The zero-order valence-corrected chi connectivity index (χ0v) is 29.2. The fourth-order valence-corrected chi connectivity index (χ4v) is 6.16. The van der Waals surface area contributed by atoms with Crippen molar-refractivity contribution in [2.75, 3.05) is 6.61 Å². The minimum atomic E-state index is -1.16. The molecule has 1 heterocycles. The van der Waals surface area contributed by atoms with Crippen molar-refractivity contribution in [2.24, 2.45) is 0 Å². The first-order valence-corrected chi connectivity index (χ1v) is 17.5. The van der Waals surface area contributed by atoms with Gasteiger partial charge < -0.3 is 33.5 Å². The minimum Gasteiger partial charge on any atom is -0.489 e. The van der Waals surface area contributed by atoms with E-state index in [1.165, 1.54) is 0 Å². The predicted molar refractivity (Wildman–Crippen MR) is 203 cm³/mol. The summed E-state index contributed by atoms with van der Waals surface area (Å²) in [5, 5.41) is 12.0. The molecule has 0 saturated carbocycles. The second-order valence-electron chi connectivity index (χ2n) is 12.6. The summed E-state index contributed by atoms with van der Waals surface area (Å²) in [6.07, 6.45) is 2.76. The van der Waals surface area contributed by atoms with Crippen LogP contribution in [0.3, 0.4) is 0 Å². The van der Waals surface area contributed by atoms with Crippen molar-refractivity contribution in [3.63, 3.8) is 0 Å². The summed E-state index contributed by atoms with van der Waals surface area (Å²) in [5.41, 5.74) is 5.23. The van der Waals surface area contributed by atoms with Gasteiger partial charge in [-0.1, -0.05) is 133 Å². The van der Waals surface area contributed by atoms with Crippen LogP contribution in [0.1, 0.15) is 45.6 Å². The second-order valence-corrected chi connectivity index (χ2v) is 12.6. The maximum Gasteiger partial charge on any atom is 0.162 e. The molecule has 0 amide bonds. The van der Waals surface area contributed by atoms with Crippen molar-refractivity contribution in [1.29, 1.82) is 0 Å². The molecule has 0 unspecified atom stereocenters. The summed E-state index contributed by atoms with van der Waals surface area (Å²) in [4.78, 5) is 0. The Morgan fingerprint density at radius 3 is 1.57 bits per heavy atom. The Morgan fingerprint density at radius 1 is 0.547 bits per heavy atom. The molecule has 0 spiro atoms. The van der Waals surface area contributed by atoms with Gasteiger partial charge in [0.25, 0.3) is 0 Å². The molecule has 0 aromatic heterocycles. The van der Waals surface area contributed by atoms with Gasteiger partial charge in [-0.15, -0.1) is 6.42 Å². The molecule has 7 nitrogen and oxygen atoms in total. The Labute approximate surface area is 310 Å². The molecule has 6 aromatic rings. The van der Waals surface area contributed by atoms with Crippen LogP contribution in [0.4, 0.5) is 0 Å². The number of fused-ring (bicyclic) bond motifs is 1. The number of terminal acetylenes is 1. The standard InChI is InChI=1S/C46H40O7/c1-2-25-48-46-43-41(52-32-36-21-13-6-14-22-36)27-38(49-29-33-15-7-3-8-16-33)28-42(43)53-45(44(46)47)37-23-24-39(50-30-34-17-9-4-10-18-34)40(26-37)51-31-35-19-11-5-12-20-35/h1,3-24,26-28,44-47H,25,29-32H2/t44-,45-,46+/m1/s1. The first-order chi connectivity index (χ1) is 26.1. The van der Waals surface area contributed by atoms with Crippen LogP contribution in [-0.4, -0.2) is 17.8 Å². The lowest BCUT2D eigenvalue weighted by Crippen LogP contribution is -2.36. The summed E-state index contributed by atoms with van der Waals surface area (Å²) in [6.45, 7) is 1.27. The van der Waals surface area contributed by atoms with Gasteiger partial charge in [0, 0.05) is 12.1 Å². The van der Waals surface area contributed by atoms with Crippen molar-refractivity contribution < 1.29 is 33.5 Å². The highest BCUT2D eigenvalue weighted by atomic mass is 16.5. The van der Waals surface area contributed by atoms with Gasteiger partial charge in [0.05, 0.1) is 5.56 Å². The average Bonchev–Trinajstić information content (AvgIpc) is 3.21. The van der Waals surface area contributed by atoms with Crippen LogP contribution < -0.4 is 23.7 Å². The van der Waals surface area contributed by atoms with Crippen molar-refractivity contribution in [3.8, 4) is 41.1 Å². The summed E-state index contributed by atoms with van der Waals surface area (Å²) in [6, 6.07) is 48.8. The Hall–Kier alpha value is -6.20. The van der Waals surface area contributed by atoms with Crippen molar-refractivity contribution in [3.05, 3.63) is 185 Å². The van der Waals surface area contributed by atoms with E-state index in [0.29, 0.717) is 59.7 Å². The molecule has 3 atom stereocenters. The monoisotopic (exact) mass is 704 g/mol. The number of hydrogen-bond acceptors (Lipinski definition) is 7. The number of ether oxygens (including phenoxy) is 6. The Bertz CT molecular complexity index is 2100. The van der Waals surface area contributed by atoms with E-state index in [1.54, 1.807) is 0 Å². The van der Waals surface area contributed by atoms with E-state index >= 15 is 0 Å². The summed E-state index contributed by atoms with van der Waals surface area (Å²) in [7, 11) is 0. The van der Waals surface area contributed by atoms with Crippen LogP contribution in [0.15, 0.2) is 152 Å². The van der Waals surface area contributed by atoms with Gasteiger partial charge in [-0.2, -0.15) is 0 Å². The summed E-state index contributed by atoms with van der Waals surface area (Å²) < 4.78 is 38.2. The lowest BCUT2D eigenvalue weighted by molar-refractivity contribution is -0.0957. The van der Waals surface area contributed by atoms with Gasteiger partial charge in [0.1, 0.15) is 62.5 Å². The highest BCUT2D eigenvalue weighted by molar-refractivity contribution is 5.55. The maximum atomic E-state index is 12.0. The molecule has 266 valence electrons. The molecular formula is C46H40O7. The lowest BCUT2D eigenvalue weighted by Gasteiger charge is -2.37. The molecule has 6 aromatic carbocycles. The van der Waals surface area contributed by atoms with Gasteiger partial charge in [-0.05, 0) is 39.9 Å². The van der Waals surface area contributed by atoms with E-state index in [1.807, 2.05) is 152 Å². The largest absolute Gasteiger partial charge is 0.489 e. The maximum absolute atomic E-state index is 12.0. The van der Waals surface area contributed by atoms with Crippen molar-refractivity contribution in [2.45, 2.75) is 44.7 Å². The Balaban J connectivity index is 1.23. The van der Waals surface area contributed by atoms with Crippen molar-refractivity contribution >= 4 is 0 Å². The summed E-state index contributed by atoms with van der Waals surface area (Å²) >= 11 is 0. The molecule has 0 radical (unpaired) electrons. The van der Waals surface area contributed by atoms with Gasteiger partial charge >= 0.3 is 0 Å². The van der Waals surface area contributed by atoms with Crippen LogP contribution in [0, 0.1) is 12.3 Å². The molecule has 1 N–H and O–H groups in total. The molecule has 0 bridgehead atoms. The molecule has 1 aliphatic heterocycles. The zero-order valence-electron chi connectivity index (χ0n) is 29.2. The Morgan fingerprint density at radius 2 is 1.04 bits per heavy atom. The second kappa shape index (κ2) is 17.3. The topological polar surface area (TPSA) is 75.6 Å². The zero-order chi connectivity index (χ0) is 36.2. The fraction of sp³-hybridized carbons (Fsp3) is 0.174. The van der Waals surface area contributed by atoms with E-state index in [4.69, 9.17) is 34.8 Å². The third kappa shape index (κ3) is 9.00. The van der Waals surface area contributed by atoms with E-state index in [2.05, 4.69) is 5.92 Å². The summed E-state index contributed by atoms with van der Waals surface area (Å²) in [5.74, 6) is 5.08. The number of hydrogen-bond donors (Lipinski definition) is 1. The molecule has 0 fully saturated rings. The van der Waals surface area contributed by atoms with E-state index < -0.39 is 18.3 Å². The number of rotatable bonds is 15. The number of aliphatic hydroxyl groups excluding tert-OH is 1. The fourth-order valence-electron chi connectivity index (χ4n) is 6.16. The Kier molecular flexibility index (Phi) is 11.5. The molecule has 0 saturated heterocycles. The van der Waals surface area contributed by atoms with E-state index in [9.17, 15) is 5.11 Å². The first kappa shape index (κ1) is 35.2. The van der Waals surface area contributed by atoms with Crippen LogP contribution in [0.25, 0.3) is 0 Å². The van der Waals surface area contributed by atoms with Crippen LogP contribution in [-0.2, 0) is 31.2 Å². The van der Waals surface area contributed by atoms with Crippen LogP contribution in [0.5, 0.6) is 28.7 Å².